The van der Waals surface area contributed by atoms with Gasteiger partial charge in [0, 0.05) is 13.2 Å². The zero-order chi connectivity index (χ0) is 15.1. The van der Waals surface area contributed by atoms with E-state index in [0.29, 0.717) is 0 Å². The van der Waals surface area contributed by atoms with E-state index in [1.165, 1.54) is 57.9 Å². The number of hydrogen-bond donors (Lipinski definition) is 1. The van der Waals surface area contributed by atoms with Crippen molar-refractivity contribution < 1.29 is 4.74 Å². The summed E-state index contributed by atoms with van der Waals surface area (Å²) in [6.45, 7) is 13.3. The van der Waals surface area contributed by atoms with Gasteiger partial charge >= 0.3 is 0 Å². The van der Waals surface area contributed by atoms with Crippen LogP contribution in [-0.2, 0) is 4.74 Å². The van der Waals surface area contributed by atoms with Crippen LogP contribution in [0.3, 0.4) is 0 Å². The van der Waals surface area contributed by atoms with Gasteiger partial charge in [-0.15, -0.1) is 0 Å². The number of unbranched alkanes of at least 4 members (excludes halogenated alkanes) is 4. The molecule has 0 aliphatic heterocycles. The Morgan fingerprint density at radius 1 is 0.950 bits per heavy atom. The lowest BCUT2D eigenvalue weighted by Crippen LogP contribution is -2.20. The van der Waals surface area contributed by atoms with E-state index in [-0.39, 0.29) is 0 Å². The second-order valence-corrected chi connectivity index (χ2v) is 6.50. The summed E-state index contributed by atoms with van der Waals surface area (Å²) in [4.78, 5) is 0. The van der Waals surface area contributed by atoms with Crippen LogP contribution in [0.15, 0.2) is 0 Å². The molecule has 0 saturated carbocycles. The first-order valence-electron chi connectivity index (χ1n) is 8.99. The number of rotatable bonds is 15. The second-order valence-electron chi connectivity index (χ2n) is 6.50. The molecule has 0 amide bonds. The first-order valence-corrected chi connectivity index (χ1v) is 8.99. The third kappa shape index (κ3) is 14.3. The quantitative estimate of drug-likeness (QED) is 0.426. The van der Waals surface area contributed by atoms with E-state index in [9.17, 15) is 0 Å². The molecule has 0 aromatic heterocycles. The average molecular weight is 286 g/mol. The zero-order valence-corrected chi connectivity index (χ0v) is 14.5. The SMILES string of the molecule is CCCCC(CC)COCCCCCCNCC(C)C. The molecule has 0 spiro atoms. The minimum atomic E-state index is 0.766. The fraction of sp³-hybridized carbons (Fsp3) is 1.00. The Hall–Kier alpha value is -0.0800. The topological polar surface area (TPSA) is 21.3 Å². The molecule has 0 fully saturated rings. The van der Waals surface area contributed by atoms with E-state index in [0.717, 1.165) is 31.6 Å². The first-order chi connectivity index (χ1) is 9.70. The molecule has 0 aliphatic carbocycles. The Labute approximate surface area is 128 Å². The maximum Gasteiger partial charge on any atom is 0.0494 e. The summed E-state index contributed by atoms with van der Waals surface area (Å²) in [6, 6.07) is 0. The highest BCUT2D eigenvalue weighted by Gasteiger charge is 2.05. The van der Waals surface area contributed by atoms with E-state index in [1.807, 2.05) is 0 Å². The number of nitrogens with one attached hydrogen (secondary N) is 1. The van der Waals surface area contributed by atoms with Crippen molar-refractivity contribution >= 4 is 0 Å². The third-order valence-corrected chi connectivity index (χ3v) is 3.84. The van der Waals surface area contributed by atoms with Gasteiger partial charge in [0.1, 0.15) is 0 Å². The van der Waals surface area contributed by atoms with Gasteiger partial charge in [0.25, 0.3) is 0 Å². The van der Waals surface area contributed by atoms with Crippen LogP contribution in [-0.4, -0.2) is 26.3 Å². The van der Waals surface area contributed by atoms with Gasteiger partial charge in [0.05, 0.1) is 0 Å². The predicted molar refractivity (Wildman–Crippen MR) is 90.3 cm³/mol. The van der Waals surface area contributed by atoms with Crippen LogP contribution in [0.25, 0.3) is 0 Å². The molecule has 0 aromatic rings. The molecule has 0 aromatic carbocycles. The minimum absolute atomic E-state index is 0.766. The fourth-order valence-corrected chi connectivity index (χ4v) is 2.35. The lowest BCUT2D eigenvalue weighted by molar-refractivity contribution is 0.0908. The summed E-state index contributed by atoms with van der Waals surface area (Å²) in [5.41, 5.74) is 0. The van der Waals surface area contributed by atoms with Gasteiger partial charge in [0.2, 0.25) is 0 Å². The molecule has 1 unspecified atom stereocenters. The minimum Gasteiger partial charge on any atom is -0.381 e. The van der Waals surface area contributed by atoms with Crippen molar-refractivity contribution in [2.24, 2.45) is 11.8 Å². The molecular formula is C18H39NO. The van der Waals surface area contributed by atoms with Crippen molar-refractivity contribution in [3.8, 4) is 0 Å². The highest BCUT2D eigenvalue weighted by atomic mass is 16.5. The molecule has 0 heterocycles. The van der Waals surface area contributed by atoms with Crippen LogP contribution < -0.4 is 5.32 Å². The number of hydrogen-bond acceptors (Lipinski definition) is 2. The average Bonchev–Trinajstić information content (AvgIpc) is 2.43. The van der Waals surface area contributed by atoms with Crippen LogP contribution >= 0.6 is 0 Å². The van der Waals surface area contributed by atoms with Gasteiger partial charge in [-0.3, -0.25) is 0 Å². The van der Waals surface area contributed by atoms with Crippen molar-refractivity contribution in [1.29, 1.82) is 0 Å². The summed E-state index contributed by atoms with van der Waals surface area (Å²) in [6.07, 6.45) is 10.5. The molecule has 0 aliphatic rings. The molecule has 1 atom stereocenters. The smallest absolute Gasteiger partial charge is 0.0494 e. The Balaban J connectivity index is 3.19. The maximum atomic E-state index is 5.83. The molecule has 122 valence electrons. The van der Waals surface area contributed by atoms with E-state index < -0.39 is 0 Å². The molecule has 0 bridgehead atoms. The van der Waals surface area contributed by atoms with Crippen molar-refractivity contribution in [2.75, 3.05) is 26.3 Å². The number of ether oxygens (including phenoxy) is 1. The van der Waals surface area contributed by atoms with E-state index >= 15 is 0 Å². The van der Waals surface area contributed by atoms with Crippen LogP contribution in [0.5, 0.6) is 0 Å². The largest absolute Gasteiger partial charge is 0.381 e. The molecule has 2 heteroatoms. The van der Waals surface area contributed by atoms with Crippen molar-refractivity contribution in [3.63, 3.8) is 0 Å². The van der Waals surface area contributed by atoms with Gasteiger partial charge in [0.15, 0.2) is 0 Å². The van der Waals surface area contributed by atoms with Gasteiger partial charge in [-0.25, -0.2) is 0 Å². The van der Waals surface area contributed by atoms with Gasteiger partial charge in [-0.2, -0.15) is 0 Å². The summed E-state index contributed by atoms with van der Waals surface area (Å²) >= 11 is 0. The maximum absolute atomic E-state index is 5.83. The summed E-state index contributed by atoms with van der Waals surface area (Å²) < 4.78 is 5.83. The van der Waals surface area contributed by atoms with Crippen molar-refractivity contribution in [3.05, 3.63) is 0 Å². The van der Waals surface area contributed by atoms with E-state index in [4.69, 9.17) is 4.74 Å². The van der Waals surface area contributed by atoms with Gasteiger partial charge < -0.3 is 10.1 Å². The Morgan fingerprint density at radius 2 is 1.70 bits per heavy atom. The van der Waals surface area contributed by atoms with Crippen molar-refractivity contribution in [2.45, 2.75) is 79.1 Å². The second kappa shape index (κ2) is 15.3. The highest BCUT2D eigenvalue weighted by Crippen LogP contribution is 2.13. The summed E-state index contributed by atoms with van der Waals surface area (Å²) in [5.74, 6) is 1.55. The zero-order valence-electron chi connectivity index (χ0n) is 14.5. The standard InChI is InChI=1S/C18H39NO/c1-5-7-12-18(6-2)16-20-14-11-9-8-10-13-19-15-17(3)4/h17-19H,5-16H2,1-4H3. The predicted octanol–water partition coefficient (Wildman–Crippen LogP) is 5.03. The fourth-order valence-electron chi connectivity index (χ4n) is 2.35. The van der Waals surface area contributed by atoms with Gasteiger partial charge in [-0.05, 0) is 44.2 Å². The Bertz CT molecular complexity index is 182. The molecule has 0 rings (SSSR count). The van der Waals surface area contributed by atoms with Crippen LogP contribution in [0.1, 0.15) is 79.1 Å². The summed E-state index contributed by atoms with van der Waals surface area (Å²) in [7, 11) is 0. The first kappa shape index (κ1) is 19.9. The Kier molecular flexibility index (Phi) is 15.3. The van der Waals surface area contributed by atoms with Crippen molar-refractivity contribution in [1.82, 2.24) is 5.32 Å². The lowest BCUT2D eigenvalue weighted by atomic mass is 10.0. The lowest BCUT2D eigenvalue weighted by Gasteiger charge is -2.14. The van der Waals surface area contributed by atoms with Gasteiger partial charge in [-0.1, -0.05) is 59.8 Å². The Morgan fingerprint density at radius 3 is 2.35 bits per heavy atom. The van der Waals surface area contributed by atoms with Crippen LogP contribution in [0.4, 0.5) is 0 Å². The molecule has 20 heavy (non-hydrogen) atoms. The molecule has 1 N–H and O–H groups in total. The monoisotopic (exact) mass is 285 g/mol. The summed E-state index contributed by atoms with van der Waals surface area (Å²) in [5, 5.41) is 3.50. The molecule has 2 nitrogen and oxygen atoms in total. The van der Waals surface area contributed by atoms with E-state index in [1.54, 1.807) is 0 Å². The van der Waals surface area contributed by atoms with Crippen LogP contribution in [0, 0.1) is 11.8 Å². The van der Waals surface area contributed by atoms with E-state index in [2.05, 4.69) is 33.0 Å². The molecule has 0 radical (unpaired) electrons. The molecule has 0 saturated heterocycles. The normalized spacial score (nSPS) is 13.1. The molecular weight excluding hydrogens is 246 g/mol. The highest BCUT2D eigenvalue weighted by molar-refractivity contribution is 4.56. The van der Waals surface area contributed by atoms with Crippen LogP contribution in [0.2, 0.25) is 0 Å². The third-order valence-electron chi connectivity index (χ3n) is 3.84.